The third-order valence-electron chi connectivity index (χ3n) is 6.02. The number of nitrogens with one attached hydrogen (secondary N) is 2. The van der Waals surface area contributed by atoms with Crippen LogP contribution in [0.4, 0.5) is 24.5 Å². The second-order valence-electron chi connectivity index (χ2n) is 8.57. The van der Waals surface area contributed by atoms with Crippen LogP contribution in [0.2, 0.25) is 0 Å². The molecule has 4 rings (SSSR count). The summed E-state index contributed by atoms with van der Waals surface area (Å²) in [5, 5.41) is 5.69. The van der Waals surface area contributed by atoms with Crippen molar-refractivity contribution in [1.29, 1.82) is 0 Å². The van der Waals surface area contributed by atoms with Crippen LogP contribution in [-0.2, 0) is 17.5 Å². The fourth-order valence-electron chi connectivity index (χ4n) is 4.10. The molecule has 36 heavy (non-hydrogen) atoms. The molecule has 0 aliphatic carbocycles. The first-order valence-electron chi connectivity index (χ1n) is 11.7. The molecule has 1 saturated heterocycles. The Morgan fingerprint density at radius 1 is 0.833 bits per heavy atom. The van der Waals surface area contributed by atoms with Crippen LogP contribution in [0, 0.1) is 0 Å². The highest BCUT2D eigenvalue weighted by atomic mass is 19.4. The van der Waals surface area contributed by atoms with Crippen LogP contribution in [0.3, 0.4) is 0 Å². The van der Waals surface area contributed by atoms with Gasteiger partial charge in [0.2, 0.25) is 5.91 Å². The maximum Gasteiger partial charge on any atom is 0.416 e. The molecule has 0 atom stereocenters. The summed E-state index contributed by atoms with van der Waals surface area (Å²) in [6, 6.07) is 21.6. The number of para-hydroxylation sites is 1. The van der Waals surface area contributed by atoms with Crippen molar-refractivity contribution in [2.24, 2.45) is 0 Å². The van der Waals surface area contributed by atoms with Gasteiger partial charge in [-0.1, -0.05) is 48.5 Å². The third-order valence-corrected chi connectivity index (χ3v) is 6.02. The van der Waals surface area contributed by atoms with Crippen LogP contribution in [0.15, 0.2) is 78.9 Å². The summed E-state index contributed by atoms with van der Waals surface area (Å²) in [7, 11) is 0. The molecular weight excluding hydrogens is 469 g/mol. The van der Waals surface area contributed by atoms with Crippen LogP contribution in [0.1, 0.15) is 21.5 Å². The average molecular weight is 497 g/mol. The summed E-state index contributed by atoms with van der Waals surface area (Å²) in [6.45, 7) is 2.57. The molecule has 0 unspecified atom stereocenters. The number of piperazine rings is 1. The maximum absolute atomic E-state index is 13.0. The van der Waals surface area contributed by atoms with E-state index in [0.717, 1.165) is 17.7 Å². The van der Waals surface area contributed by atoms with Gasteiger partial charge in [-0.3, -0.25) is 14.5 Å². The molecule has 0 saturated carbocycles. The zero-order valence-corrected chi connectivity index (χ0v) is 19.6. The molecule has 3 aromatic rings. The first-order valence-corrected chi connectivity index (χ1v) is 11.7. The summed E-state index contributed by atoms with van der Waals surface area (Å²) >= 11 is 0. The van der Waals surface area contributed by atoms with Crippen LogP contribution in [0.25, 0.3) is 0 Å². The summed E-state index contributed by atoms with van der Waals surface area (Å²) in [5.41, 5.74) is 1.61. The van der Waals surface area contributed by atoms with E-state index in [9.17, 15) is 22.8 Å². The van der Waals surface area contributed by atoms with E-state index < -0.39 is 11.7 Å². The van der Waals surface area contributed by atoms with Gasteiger partial charge in [-0.15, -0.1) is 0 Å². The van der Waals surface area contributed by atoms with Crippen molar-refractivity contribution in [1.82, 2.24) is 10.2 Å². The Morgan fingerprint density at radius 3 is 2.25 bits per heavy atom. The Bertz CT molecular complexity index is 1190. The summed E-state index contributed by atoms with van der Waals surface area (Å²) in [5.74, 6) is -0.546. The minimum atomic E-state index is -4.38. The molecule has 0 spiro atoms. The molecule has 1 heterocycles. The normalized spacial score (nSPS) is 14.4. The Balaban J connectivity index is 1.30. The lowest BCUT2D eigenvalue weighted by Crippen LogP contribution is -2.48. The molecule has 0 bridgehead atoms. The number of benzene rings is 3. The van der Waals surface area contributed by atoms with Gasteiger partial charge in [-0.2, -0.15) is 13.2 Å². The lowest BCUT2D eigenvalue weighted by atomic mass is 10.1. The molecular formula is C27H27F3N4O2. The first-order chi connectivity index (χ1) is 17.3. The van der Waals surface area contributed by atoms with Crippen LogP contribution >= 0.6 is 0 Å². The van der Waals surface area contributed by atoms with Crippen molar-refractivity contribution in [3.8, 4) is 0 Å². The fraction of sp³-hybridized carbons (Fsp3) is 0.259. The monoisotopic (exact) mass is 496 g/mol. The Morgan fingerprint density at radius 2 is 1.53 bits per heavy atom. The quantitative estimate of drug-likeness (QED) is 0.509. The van der Waals surface area contributed by atoms with E-state index in [1.54, 1.807) is 30.3 Å². The Labute approximate surface area is 207 Å². The van der Waals surface area contributed by atoms with Crippen molar-refractivity contribution >= 4 is 23.2 Å². The van der Waals surface area contributed by atoms with Gasteiger partial charge in [0.25, 0.3) is 5.91 Å². The highest BCUT2D eigenvalue weighted by molar-refractivity contribution is 6.04. The lowest BCUT2D eigenvalue weighted by Gasteiger charge is -2.36. The Hall–Kier alpha value is -3.85. The van der Waals surface area contributed by atoms with Gasteiger partial charge >= 0.3 is 6.18 Å². The number of hydrogen-bond acceptors (Lipinski definition) is 4. The topological polar surface area (TPSA) is 64.7 Å². The predicted octanol–water partition coefficient (Wildman–Crippen LogP) is 4.40. The van der Waals surface area contributed by atoms with E-state index in [2.05, 4.69) is 10.6 Å². The van der Waals surface area contributed by atoms with Gasteiger partial charge in [0.05, 0.1) is 23.4 Å². The van der Waals surface area contributed by atoms with Gasteiger partial charge < -0.3 is 15.5 Å². The van der Waals surface area contributed by atoms with E-state index in [1.165, 1.54) is 6.07 Å². The van der Waals surface area contributed by atoms with Crippen molar-refractivity contribution in [2.75, 3.05) is 42.9 Å². The molecule has 0 radical (unpaired) electrons. The predicted molar refractivity (Wildman–Crippen MR) is 133 cm³/mol. The van der Waals surface area contributed by atoms with E-state index >= 15 is 0 Å². The number of nitrogens with zero attached hydrogens (tertiary/aromatic N) is 2. The van der Waals surface area contributed by atoms with E-state index in [0.29, 0.717) is 49.7 Å². The summed E-state index contributed by atoms with van der Waals surface area (Å²) in [6.07, 6.45) is -4.38. The van der Waals surface area contributed by atoms with Crippen molar-refractivity contribution < 1.29 is 22.8 Å². The van der Waals surface area contributed by atoms with Gasteiger partial charge in [0, 0.05) is 38.4 Å². The molecule has 2 N–H and O–H groups in total. The highest BCUT2D eigenvalue weighted by Crippen LogP contribution is 2.31. The molecule has 0 aromatic heterocycles. The number of halogens is 3. The first kappa shape index (κ1) is 25.2. The van der Waals surface area contributed by atoms with Crippen LogP contribution < -0.4 is 15.5 Å². The minimum absolute atomic E-state index is 0.121. The standard InChI is InChI=1S/C27H27F3N4O2/c28-27(29,30)21-9-6-10-22(17-21)34-15-13-33(14-16-34)19-25(35)32-24-12-5-4-11-23(24)26(36)31-18-20-7-2-1-3-8-20/h1-12,17H,13-16,18-19H2,(H,31,36)(H,32,35). The summed E-state index contributed by atoms with van der Waals surface area (Å²) < 4.78 is 39.1. The van der Waals surface area contributed by atoms with Crippen molar-refractivity contribution in [3.05, 3.63) is 95.6 Å². The molecule has 3 aromatic carbocycles. The molecule has 188 valence electrons. The SMILES string of the molecule is O=C(CN1CCN(c2cccc(C(F)(F)F)c2)CC1)Nc1ccccc1C(=O)NCc1ccccc1. The zero-order chi connectivity index (χ0) is 25.5. The number of rotatable bonds is 7. The van der Waals surface area contributed by atoms with Crippen LogP contribution in [0.5, 0.6) is 0 Å². The van der Waals surface area contributed by atoms with Gasteiger partial charge in [-0.25, -0.2) is 0 Å². The van der Waals surface area contributed by atoms with Crippen molar-refractivity contribution in [2.45, 2.75) is 12.7 Å². The van der Waals surface area contributed by atoms with Crippen LogP contribution in [-0.4, -0.2) is 49.4 Å². The molecule has 2 amide bonds. The highest BCUT2D eigenvalue weighted by Gasteiger charge is 2.31. The number of hydrogen-bond donors (Lipinski definition) is 2. The second-order valence-corrected chi connectivity index (χ2v) is 8.57. The number of carbonyl (C=O) groups is 2. The zero-order valence-electron chi connectivity index (χ0n) is 19.6. The fourth-order valence-corrected chi connectivity index (χ4v) is 4.10. The largest absolute Gasteiger partial charge is 0.416 e. The van der Waals surface area contributed by atoms with Crippen molar-refractivity contribution in [3.63, 3.8) is 0 Å². The van der Waals surface area contributed by atoms with E-state index in [4.69, 9.17) is 0 Å². The molecule has 1 aliphatic rings. The lowest BCUT2D eigenvalue weighted by molar-refractivity contribution is -0.137. The maximum atomic E-state index is 13.0. The molecule has 1 aliphatic heterocycles. The smallest absolute Gasteiger partial charge is 0.369 e. The third kappa shape index (κ3) is 6.63. The Kier molecular flexibility index (Phi) is 7.90. The minimum Gasteiger partial charge on any atom is -0.369 e. The molecule has 6 nitrogen and oxygen atoms in total. The summed E-state index contributed by atoms with van der Waals surface area (Å²) in [4.78, 5) is 29.3. The average Bonchev–Trinajstić information content (AvgIpc) is 2.88. The van der Waals surface area contributed by atoms with Gasteiger partial charge in [0.15, 0.2) is 0 Å². The number of alkyl halides is 3. The second kappa shape index (κ2) is 11.3. The molecule has 1 fully saturated rings. The number of anilines is 2. The van der Waals surface area contributed by atoms with E-state index in [-0.39, 0.29) is 18.4 Å². The van der Waals surface area contributed by atoms with E-state index in [1.807, 2.05) is 40.1 Å². The van der Waals surface area contributed by atoms with Gasteiger partial charge in [0.1, 0.15) is 0 Å². The number of carbonyl (C=O) groups excluding carboxylic acids is 2. The van der Waals surface area contributed by atoms with Gasteiger partial charge in [-0.05, 0) is 35.9 Å². The molecule has 9 heteroatoms. The number of amides is 2.